The number of benzene rings is 1. The van der Waals surface area contributed by atoms with Crippen LogP contribution >= 0.6 is 23.2 Å². The SMILES string of the molecule is CCOC(=O)[C@@H]1CCCN(S(=O)(=O)c2cc(Cl)c(OC)cc2Cl)C1. The minimum Gasteiger partial charge on any atom is -0.495 e. The molecule has 1 aromatic carbocycles. The first-order valence-corrected chi connectivity index (χ1v) is 9.70. The van der Waals surface area contributed by atoms with Gasteiger partial charge in [0.25, 0.3) is 0 Å². The lowest BCUT2D eigenvalue weighted by Gasteiger charge is -2.31. The first kappa shape index (κ1) is 19.3. The molecule has 0 radical (unpaired) electrons. The van der Waals surface area contributed by atoms with E-state index in [-0.39, 0.29) is 34.1 Å². The van der Waals surface area contributed by atoms with Crippen LogP contribution in [0.15, 0.2) is 17.0 Å². The van der Waals surface area contributed by atoms with Gasteiger partial charge in [0.05, 0.1) is 29.7 Å². The lowest BCUT2D eigenvalue weighted by atomic mass is 10.0. The van der Waals surface area contributed by atoms with E-state index in [1.165, 1.54) is 23.5 Å². The minimum absolute atomic E-state index is 0.0227. The fourth-order valence-corrected chi connectivity index (χ4v) is 4.96. The Kier molecular flexibility index (Phi) is 6.36. The Morgan fingerprint density at radius 1 is 1.33 bits per heavy atom. The Hall–Kier alpha value is -1.02. The maximum Gasteiger partial charge on any atom is 0.310 e. The van der Waals surface area contributed by atoms with E-state index in [0.29, 0.717) is 25.1 Å². The van der Waals surface area contributed by atoms with E-state index in [4.69, 9.17) is 32.7 Å². The van der Waals surface area contributed by atoms with Crippen LogP contribution in [0, 0.1) is 5.92 Å². The van der Waals surface area contributed by atoms with Gasteiger partial charge < -0.3 is 9.47 Å². The smallest absolute Gasteiger partial charge is 0.310 e. The first-order chi connectivity index (χ1) is 11.3. The first-order valence-electron chi connectivity index (χ1n) is 7.51. The van der Waals surface area contributed by atoms with Crippen LogP contribution in [0.5, 0.6) is 5.75 Å². The molecule has 0 unspecified atom stereocenters. The molecule has 0 saturated carbocycles. The zero-order valence-electron chi connectivity index (χ0n) is 13.4. The summed E-state index contributed by atoms with van der Waals surface area (Å²) in [6.07, 6.45) is 1.17. The predicted octanol–water partition coefficient (Wildman–Crippen LogP) is 2.97. The predicted molar refractivity (Wildman–Crippen MR) is 91.1 cm³/mol. The number of esters is 1. The number of piperidine rings is 1. The molecular formula is C15H19Cl2NO5S. The summed E-state index contributed by atoms with van der Waals surface area (Å²) in [4.78, 5) is 11.8. The van der Waals surface area contributed by atoms with Gasteiger partial charge in [0.1, 0.15) is 10.6 Å². The maximum absolute atomic E-state index is 12.9. The molecule has 0 bridgehead atoms. The van der Waals surface area contributed by atoms with Gasteiger partial charge >= 0.3 is 5.97 Å². The molecule has 1 fully saturated rings. The summed E-state index contributed by atoms with van der Waals surface area (Å²) in [6, 6.07) is 2.63. The summed E-state index contributed by atoms with van der Waals surface area (Å²) >= 11 is 12.1. The summed E-state index contributed by atoms with van der Waals surface area (Å²) < 4.78 is 37.0. The van der Waals surface area contributed by atoms with E-state index in [2.05, 4.69) is 0 Å². The van der Waals surface area contributed by atoms with Gasteiger partial charge in [-0.25, -0.2) is 8.42 Å². The molecule has 9 heteroatoms. The number of carbonyl (C=O) groups is 1. The second-order valence-electron chi connectivity index (χ2n) is 5.37. The Bertz CT molecular complexity index is 723. The van der Waals surface area contributed by atoms with Crippen LogP contribution in [0.2, 0.25) is 10.0 Å². The molecule has 1 aliphatic rings. The third-order valence-corrected chi connectivity index (χ3v) is 6.45. The highest BCUT2D eigenvalue weighted by molar-refractivity contribution is 7.89. The Labute approximate surface area is 151 Å². The average Bonchev–Trinajstić information content (AvgIpc) is 2.56. The van der Waals surface area contributed by atoms with Gasteiger partial charge in [-0.2, -0.15) is 4.31 Å². The van der Waals surface area contributed by atoms with E-state index in [9.17, 15) is 13.2 Å². The Morgan fingerprint density at radius 3 is 2.67 bits per heavy atom. The fraction of sp³-hybridized carbons (Fsp3) is 0.533. The monoisotopic (exact) mass is 395 g/mol. The van der Waals surface area contributed by atoms with Crippen LogP contribution in [0.4, 0.5) is 0 Å². The molecule has 134 valence electrons. The summed E-state index contributed by atoms with van der Waals surface area (Å²) in [5.74, 6) is -0.555. The van der Waals surface area contributed by atoms with Crippen molar-refractivity contribution in [3.8, 4) is 5.75 Å². The maximum atomic E-state index is 12.9. The number of halogens is 2. The van der Waals surface area contributed by atoms with Crippen molar-refractivity contribution >= 4 is 39.2 Å². The zero-order chi connectivity index (χ0) is 17.9. The fourth-order valence-electron chi connectivity index (χ4n) is 2.62. The second kappa shape index (κ2) is 7.91. The van der Waals surface area contributed by atoms with Crippen molar-refractivity contribution in [1.82, 2.24) is 4.31 Å². The number of carbonyl (C=O) groups excluding carboxylic acids is 1. The van der Waals surface area contributed by atoms with Crippen LogP contribution in [0.1, 0.15) is 19.8 Å². The lowest BCUT2D eigenvalue weighted by molar-refractivity contribution is -0.149. The lowest BCUT2D eigenvalue weighted by Crippen LogP contribution is -2.42. The topological polar surface area (TPSA) is 72.9 Å². The molecule has 1 aromatic rings. The van der Waals surface area contributed by atoms with E-state index >= 15 is 0 Å². The number of methoxy groups -OCH3 is 1. The van der Waals surface area contributed by atoms with Crippen LogP contribution < -0.4 is 4.74 Å². The second-order valence-corrected chi connectivity index (χ2v) is 8.09. The molecule has 1 atom stereocenters. The number of nitrogens with zero attached hydrogens (tertiary/aromatic N) is 1. The molecule has 0 amide bonds. The molecule has 1 heterocycles. The largest absolute Gasteiger partial charge is 0.495 e. The van der Waals surface area contributed by atoms with E-state index in [0.717, 1.165) is 0 Å². The molecule has 0 aromatic heterocycles. The Balaban J connectivity index is 2.30. The summed E-state index contributed by atoms with van der Waals surface area (Å²) in [5.41, 5.74) is 0. The highest BCUT2D eigenvalue weighted by atomic mass is 35.5. The van der Waals surface area contributed by atoms with Crippen LogP contribution in [0.25, 0.3) is 0 Å². The molecule has 1 saturated heterocycles. The highest BCUT2D eigenvalue weighted by Gasteiger charge is 2.35. The number of hydrogen-bond acceptors (Lipinski definition) is 5. The Morgan fingerprint density at radius 2 is 2.04 bits per heavy atom. The standard InChI is InChI=1S/C15H19Cl2NO5S/c1-3-23-15(19)10-5-4-6-18(9-10)24(20,21)14-8-11(16)13(22-2)7-12(14)17/h7-8,10H,3-6,9H2,1-2H3/t10-/m1/s1. The quantitative estimate of drug-likeness (QED) is 0.716. The van der Waals surface area contributed by atoms with E-state index in [1.807, 2.05) is 0 Å². The van der Waals surface area contributed by atoms with Gasteiger partial charge in [-0.05, 0) is 25.8 Å². The highest BCUT2D eigenvalue weighted by Crippen LogP contribution is 2.35. The van der Waals surface area contributed by atoms with E-state index < -0.39 is 15.9 Å². The number of sulfonamides is 1. The number of rotatable bonds is 5. The van der Waals surface area contributed by atoms with Crippen molar-refractivity contribution in [1.29, 1.82) is 0 Å². The van der Waals surface area contributed by atoms with Crippen molar-refractivity contribution in [2.75, 3.05) is 26.8 Å². The molecule has 1 aliphatic heterocycles. The number of ether oxygens (including phenoxy) is 2. The molecule has 2 rings (SSSR count). The van der Waals surface area contributed by atoms with Gasteiger partial charge in [-0.1, -0.05) is 23.2 Å². The average molecular weight is 396 g/mol. The number of hydrogen-bond donors (Lipinski definition) is 0. The molecular weight excluding hydrogens is 377 g/mol. The van der Waals surface area contributed by atoms with Gasteiger partial charge in [0.2, 0.25) is 10.0 Å². The van der Waals surface area contributed by atoms with Gasteiger partial charge in [-0.15, -0.1) is 0 Å². The third-order valence-electron chi connectivity index (χ3n) is 3.83. The molecule has 6 nitrogen and oxygen atoms in total. The summed E-state index contributed by atoms with van der Waals surface area (Å²) in [6.45, 7) is 2.37. The van der Waals surface area contributed by atoms with Crippen LogP contribution in [-0.2, 0) is 19.6 Å². The summed E-state index contributed by atoms with van der Waals surface area (Å²) in [7, 11) is -2.45. The molecule has 0 N–H and O–H groups in total. The zero-order valence-corrected chi connectivity index (χ0v) is 15.7. The molecule has 24 heavy (non-hydrogen) atoms. The van der Waals surface area contributed by atoms with Gasteiger partial charge in [0.15, 0.2) is 0 Å². The summed E-state index contributed by atoms with van der Waals surface area (Å²) in [5, 5.41) is 0.175. The van der Waals surface area contributed by atoms with Crippen molar-refractivity contribution in [2.24, 2.45) is 5.92 Å². The molecule has 0 spiro atoms. The van der Waals surface area contributed by atoms with Crippen LogP contribution in [0.3, 0.4) is 0 Å². The van der Waals surface area contributed by atoms with Gasteiger partial charge in [0, 0.05) is 19.2 Å². The van der Waals surface area contributed by atoms with Crippen molar-refractivity contribution in [3.05, 3.63) is 22.2 Å². The minimum atomic E-state index is -3.87. The van der Waals surface area contributed by atoms with Crippen LogP contribution in [-0.4, -0.2) is 45.5 Å². The van der Waals surface area contributed by atoms with Crippen molar-refractivity contribution in [2.45, 2.75) is 24.7 Å². The molecule has 0 aliphatic carbocycles. The van der Waals surface area contributed by atoms with E-state index in [1.54, 1.807) is 6.92 Å². The van der Waals surface area contributed by atoms with Crippen molar-refractivity contribution < 1.29 is 22.7 Å². The van der Waals surface area contributed by atoms with Crippen molar-refractivity contribution in [3.63, 3.8) is 0 Å². The van der Waals surface area contributed by atoms with Gasteiger partial charge in [-0.3, -0.25) is 4.79 Å². The normalized spacial score (nSPS) is 19.1. The third kappa shape index (κ3) is 3.96.